The van der Waals surface area contributed by atoms with E-state index in [-0.39, 0.29) is 6.10 Å². The van der Waals surface area contributed by atoms with Gasteiger partial charge in [-0.3, -0.25) is 0 Å². The molecule has 0 amide bonds. The average Bonchev–Trinajstić information content (AvgIpc) is 2.41. The van der Waals surface area contributed by atoms with Crippen LogP contribution in [0.4, 0.5) is 0 Å². The van der Waals surface area contributed by atoms with Gasteiger partial charge >= 0.3 is 0 Å². The Bertz CT molecular complexity index is 426. The van der Waals surface area contributed by atoms with Gasteiger partial charge in [0.1, 0.15) is 11.5 Å². The summed E-state index contributed by atoms with van der Waals surface area (Å²) >= 11 is 0. The lowest BCUT2D eigenvalue weighted by atomic mass is 9.97. The van der Waals surface area contributed by atoms with Crippen molar-refractivity contribution in [3.63, 3.8) is 0 Å². The van der Waals surface area contributed by atoms with Gasteiger partial charge in [0, 0.05) is 24.2 Å². The van der Waals surface area contributed by atoms with Gasteiger partial charge in [-0.1, -0.05) is 0 Å². The van der Waals surface area contributed by atoms with Crippen molar-refractivity contribution < 1.29 is 14.2 Å². The van der Waals surface area contributed by atoms with Crippen LogP contribution in [0.3, 0.4) is 0 Å². The molecule has 4 nitrogen and oxygen atoms in total. The molecule has 1 aliphatic rings. The molecule has 1 unspecified atom stereocenters. The smallest absolute Gasteiger partial charge is 0.131 e. The van der Waals surface area contributed by atoms with E-state index in [1.807, 2.05) is 13.0 Å². The van der Waals surface area contributed by atoms with E-state index in [0.717, 1.165) is 47.9 Å². The molecule has 0 aliphatic carbocycles. The molecule has 0 radical (unpaired) electrons. The van der Waals surface area contributed by atoms with Crippen LogP contribution in [0, 0.1) is 13.8 Å². The molecule has 2 rings (SSSR count). The molecule has 18 heavy (non-hydrogen) atoms. The normalized spacial score (nSPS) is 19.7. The highest BCUT2D eigenvalue weighted by Crippen LogP contribution is 2.39. The number of ether oxygens (including phenoxy) is 3. The van der Waals surface area contributed by atoms with Gasteiger partial charge in [-0.2, -0.15) is 0 Å². The second-order valence-corrected chi connectivity index (χ2v) is 4.53. The van der Waals surface area contributed by atoms with Crippen LogP contribution < -0.4 is 14.8 Å². The highest BCUT2D eigenvalue weighted by molar-refractivity contribution is 5.54. The van der Waals surface area contributed by atoms with Gasteiger partial charge in [0.15, 0.2) is 0 Å². The molecule has 1 N–H and O–H groups in total. The molecule has 1 aromatic carbocycles. The Morgan fingerprint density at radius 2 is 2.06 bits per heavy atom. The topological polar surface area (TPSA) is 39.7 Å². The fraction of sp³-hybridized carbons (Fsp3) is 0.571. The standard InChI is InChI=1S/C14H21NO3/c1-9-7-11(16-3)10(2)14(17-4)13(9)12-8-15-5-6-18-12/h7,12,15H,5-6,8H2,1-4H3. The zero-order chi connectivity index (χ0) is 13.1. The molecule has 1 aromatic rings. The highest BCUT2D eigenvalue weighted by atomic mass is 16.5. The minimum Gasteiger partial charge on any atom is -0.496 e. The highest BCUT2D eigenvalue weighted by Gasteiger charge is 2.24. The van der Waals surface area contributed by atoms with E-state index in [0.29, 0.717) is 0 Å². The largest absolute Gasteiger partial charge is 0.496 e. The Labute approximate surface area is 108 Å². The summed E-state index contributed by atoms with van der Waals surface area (Å²) in [7, 11) is 3.38. The first kappa shape index (κ1) is 13.2. The van der Waals surface area contributed by atoms with E-state index in [1.54, 1.807) is 14.2 Å². The number of hydrogen-bond donors (Lipinski definition) is 1. The Balaban J connectivity index is 2.47. The number of morpholine rings is 1. The molecule has 1 fully saturated rings. The summed E-state index contributed by atoms with van der Waals surface area (Å²) in [4.78, 5) is 0. The zero-order valence-electron chi connectivity index (χ0n) is 11.5. The Morgan fingerprint density at radius 1 is 1.28 bits per heavy atom. The zero-order valence-corrected chi connectivity index (χ0v) is 11.5. The third kappa shape index (κ3) is 2.31. The SMILES string of the molecule is COc1cc(C)c(C2CNCCO2)c(OC)c1C. The predicted molar refractivity (Wildman–Crippen MR) is 70.6 cm³/mol. The molecule has 0 spiro atoms. The number of benzene rings is 1. The minimum atomic E-state index is 0.0540. The molecule has 1 aliphatic heterocycles. The molecule has 1 atom stereocenters. The van der Waals surface area contributed by atoms with Gasteiger partial charge in [-0.15, -0.1) is 0 Å². The lowest BCUT2D eigenvalue weighted by molar-refractivity contribution is 0.0258. The van der Waals surface area contributed by atoms with Crippen molar-refractivity contribution in [2.45, 2.75) is 20.0 Å². The Kier molecular flexibility index (Phi) is 4.09. The number of aryl methyl sites for hydroxylation is 1. The van der Waals surface area contributed by atoms with Gasteiger partial charge in [0.05, 0.1) is 26.9 Å². The van der Waals surface area contributed by atoms with Crippen molar-refractivity contribution in [1.82, 2.24) is 5.32 Å². The van der Waals surface area contributed by atoms with Crippen molar-refractivity contribution in [2.24, 2.45) is 0 Å². The van der Waals surface area contributed by atoms with Gasteiger partial charge in [-0.05, 0) is 25.5 Å². The molecule has 0 saturated carbocycles. The molecular weight excluding hydrogens is 230 g/mol. The van der Waals surface area contributed by atoms with Crippen LogP contribution in [-0.4, -0.2) is 33.9 Å². The number of nitrogens with one attached hydrogen (secondary N) is 1. The van der Waals surface area contributed by atoms with E-state index < -0.39 is 0 Å². The van der Waals surface area contributed by atoms with Crippen molar-refractivity contribution in [3.05, 3.63) is 22.8 Å². The first-order valence-corrected chi connectivity index (χ1v) is 6.23. The maximum atomic E-state index is 5.83. The first-order chi connectivity index (χ1) is 8.69. The summed E-state index contributed by atoms with van der Waals surface area (Å²) < 4.78 is 16.8. The van der Waals surface area contributed by atoms with Crippen molar-refractivity contribution in [3.8, 4) is 11.5 Å². The minimum absolute atomic E-state index is 0.0540. The second-order valence-electron chi connectivity index (χ2n) is 4.53. The number of rotatable bonds is 3. The van der Waals surface area contributed by atoms with E-state index in [2.05, 4.69) is 12.2 Å². The van der Waals surface area contributed by atoms with Gasteiger partial charge in [-0.25, -0.2) is 0 Å². The van der Waals surface area contributed by atoms with Crippen LogP contribution in [0.5, 0.6) is 11.5 Å². The van der Waals surface area contributed by atoms with E-state index >= 15 is 0 Å². The summed E-state index contributed by atoms with van der Waals surface area (Å²) in [6.07, 6.45) is 0.0540. The quantitative estimate of drug-likeness (QED) is 0.891. The third-order valence-corrected chi connectivity index (χ3v) is 3.40. The summed E-state index contributed by atoms with van der Waals surface area (Å²) in [5, 5.41) is 3.35. The van der Waals surface area contributed by atoms with Crippen molar-refractivity contribution in [1.29, 1.82) is 0 Å². The van der Waals surface area contributed by atoms with Gasteiger partial charge in [0.2, 0.25) is 0 Å². The summed E-state index contributed by atoms with van der Waals surface area (Å²) in [6, 6.07) is 2.05. The number of methoxy groups -OCH3 is 2. The monoisotopic (exact) mass is 251 g/mol. The van der Waals surface area contributed by atoms with Crippen LogP contribution in [0.25, 0.3) is 0 Å². The summed E-state index contributed by atoms with van der Waals surface area (Å²) in [5.41, 5.74) is 3.29. The fourth-order valence-corrected chi connectivity index (χ4v) is 2.50. The van der Waals surface area contributed by atoms with Gasteiger partial charge < -0.3 is 19.5 Å². The Morgan fingerprint density at radius 3 is 2.61 bits per heavy atom. The maximum absolute atomic E-state index is 5.83. The molecule has 0 aromatic heterocycles. The van der Waals surface area contributed by atoms with Crippen molar-refractivity contribution >= 4 is 0 Å². The van der Waals surface area contributed by atoms with E-state index in [9.17, 15) is 0 Å². The van der Waals surface area contributed by atoms with Gasteiger partial charge in [0.25, 0.3) is 0 Å². The van der Waals surface area contributed by atoms with Crippen molar-refractivity contribution in [2.75, 3.05) is 33.9 Å². The molecule has 4 heteroatoms. The molecule has 100 valence electrons. The third-order valence-electron chi connectivity index (χ3n) is 3.40. The van der Waals surface area contributed by atoms with Crippen LogP contribution in [0.15, 0.2) is 6.07 Å². The molecular formula is C14H21NO3. The lowest BCUT2D eigenvalue weighted by Crippen LogP contribution is -2.34. The first-order valence-electron chi connectivity index (χ1n) is 6.23. The fourth-order valence-electron chi connectivity index (χ4n) is 2.50. The van der Waals surface area contributed by atoms with E-state index in [1.165, 1.54) is 0 Å². The molecule has 1 heterocycles. The number of hydrogen-bond acceptors (Lipinski definition) is 4. The second kappa shape index (κ2) is 5.59. The van der Waals surface area contributed by atoms with Crippen LogP contribution in [0.1, 0.15) is 22.8 Å². The lowest BCUT2D eigenvalue weighted by Gasteiger charge is -2.28. The maximum Gasteiger partial charge on any atom is 0.131 e. The molecule has 0 bridgehead atoms. The molecule has 1 saturated heterocycles. The van der Waals surface area contributed by atoms with Crippen LogP contribution in [0.2, 0.25) is 0 Å². The van der Waals surface area contributed by atoms with Crippen LogP contribution >= 0.6 is 0 Å². The van der Waals surface area contributed by atoms with Crippen LogP contribution in [-0.2, 0) is 4.74 Å². The summed E-state index contributed by atoms with van der Waals surface area (Å²) in [6.45, 7) is 6.54. The average molecular weight is 251 g/mol. The predicted octanol–water partition coefficient (Wildman–Crippen LogP) is 1.98. The summed E-state index contributed by atoms with van der Waals surface area (Å²) in [5.74, 6) is 1.73. The Hall–Kier alpha value is -1.26. The van der Waals surface area contributed by atoms with E-state index in [4.69, 9.17) is 14.2 Å².